The molecule has 1 fully saturated rings. The summed E-state index contributed by atoms with van der Waals surface area (Å²) in [6, 6.07) is 16.4. The van der Waals surface area contributed by atoms with Crippen LogP contribution in [0.1, 0.15) is 41.1 Å². The summed E-state index contributed by atoms with van der Waals surface area (Å²) < 4.78 is 12.2. The highest BCUT2D eigenvalue weighted by Gasteiger charge is 2.34. The first kappa shape index (κ1) is 18.1. The lowest BCUT2D eigenvalue weighted by Crippen LogP contribution is -2.42. The normalized spacial score (nSPS) is 24.0. The molecule has 0 aliphatic carbocycles. The van der Waals surface area contributed by atoms with Gasteiger partial charge in [-0.3, -0.25) is 4.79 Å². The van der Waals surface area contributed by atoms with Crippen molar-refractivity contribution in [3.63, 3.8) is 0 Å². The van der Waals surface area contributed by atoms with E-state index in [9.17, 15) is 4.79 Å². The molecule has 0 radical (unpaired) electrons. The number of carbonyl (C=O) groups is 1. The van der Waals surface area contributed by atoms with Gasteiger partial charge in [0.2, 0.25) is 0 Å². The Balaban J connectivity index is 1.30. The third-order valence-electron chi connectivity index (χ3n) is 5.92. The Bertz CT molecular complexity index is 805. The van der Waals surface area contributed by atoms with Crippen LogP contribution < -0.4 is 9.47 Å². The van der Waals surface area contributed by atoms with Crippen molar-refractivity contribution < 1.29 is 18.8 Å². The summed E-state index contributed by atoms with van der Waals surface area (Å²) in [5.74, 6) is 2.26. The molecule has 0 bridgehead atoms. The van der Waals surface area contributed by atoms with Gasteiger partial charge in [0.1, 0.15) is 13.2 Å². The fourth-order valence-corrected chi connectivity index (χ4v) is 4.36. The number of ketones is 1. The van der Waals surface area contributed by atoms with Crippen LogP contribution in [-0.4, -0.2) is 50.2 Å². The molecule has 1 saturated heterocycles. The third-order valence-corrected chi connectivity index (χ3v) is 5.92. The molecule has 0 spiro atoms. The lowest BCUT2D eigenvalue weighted by atomic mass is 9.99. The highest BCUT2D eigenvalue weighted by Crippen LogP contribution is 2.33. The number of hydrogen-bond acceptors (Lipinski definition) is 3. The minimum atomic E-state index is 0.192. The number of fused-ring (bicyclic) bond motifs is 1. The molecule has 4 heteroatoms. The highest BCUT2D eigenvalue weighted by molar-refractivity contribution is 5.96. The number of ether oxygens (including phenoxy) is 2. The topological polar surface area (TPSA) is 35.5 Å². The molecule has 2 atom stereocenters. The zero-order valence-corrected chi connectivity index (χ0v) is 16.0. The van der Waals surface area contributed by atoms with Gasteiger partial charge in [0.15, 0.2) is 17.3 Å². The van der Waals surface area contributed by atoms with Gasteiger partial charge in [-0.05, 0) is 23.8 Å². The van der Waals surface area contributed by atoms with E-state index in [1.54, 1.807) is 0 Å². The monoisotopic (exact) mass is 366 g/mol. The van der Waals surface area contributed by atoms with Crippen LogP contribution >= 0.6 is 0 Å². The molecule has 142 valence electrons. The van der Waals surface area contributed by atoms with Crippen molar-refractivity contribution in [3.05, 3.63) is 59.7 Å². The Labute approximate surface area is 161 Å². The minimum absolute atomic E-state index is 0.192. The lowest BCUT2D eigenvalue weighted by molar-refractivity contribution is -0.898. The first-order valence-electron chi connectivity index (χ1n) is 9.94. The molecule has 2 aliphatic heterocycles. The summed E-state index contributed by atoms with van der Waals surface area (Å²) >= 11 is 0. The van der Waals surface area contributed by atoms with E-state index in [4.69, 9.17) is 9.47 Å². The Morgan fingerprint density at radius 3 is 2.67 bits per heavy atom. The van der Waals surface area contributed by atoms with Crippen molar-refractivity contribution in [1.82, 2.24) is 0 Å². The van der Waals surface area contributed by atoms with Crippen molar-refractivity contribution in [2.24, 2.45) is 0 Å². The first-order valence-corrected chi connectivity index (χ1v) is 9.94. The molecular formula is C23H28NO3+. The Morgan fingerprint density at radius 2 is 1.85 bits per heavy atom. The first-order chi connectivity index (χ1) is 13.1. The van der Waals surface area contributed by atoms with Gasteiger partial charge >= 0.3 is 0 Å². The summed E-state index contributed by atoms with van der Waals surface area (Å²) in [7, 11) is 2.33. The second-order valence-corrected chi connectivity index (χ2v) is 8.03. The van der Waals surface area contributed by atoms with Gasteiger partial charge in [0.25, 0.3) is 0 Å². The van der Waals surface area contributed by atoms with Crippen molar-refractivity contribution in [1.29, 1.82) is 0 Å². The van der Waals surface area contributed by atoms with E-state index in [2.05, 4.69) is 37.4 Å². The van der Waals surface area contributed by atoms with Crippen LogP contribution in [0.4, 0.5) is 0 Å². The minimum Gasteiger partial charge on any atom is -0.486 e. The maximum absolute atomic E-state index is 12.6. The van der Waals surface area contributed by atoms with Crippen LogP contribution in [0.15, 0.2) is 48.5 Å². The molecule has 4 rings (SSSR count). The van der Waals surface area contributed by atoms with Crippen molar-refractivity contribution >= 4 is 5.78 Å². The number of rotatable bonds is 6. The second-order valence-electron chi connectivity index (χ2n) is 8.03. The van der Waals surface area contributed by atoms with E-state index in [0.717, 1.165) is 28.8 Å². The quantitative estimate of drug-likeness (QED) is 0.571. The summed E-state index contributed by atoms with van der Waals surface area (Å²) in [6.07, 6.45) is 2.74. The van der Waals surface area contributed by atoms with Gasteiger partial charge < -0.3 is 14.0 Å². The molecule has 0 aromatic heterocycles. The molecule has 0 unspecified atom stereocenters. The van der Waals surface area contributed by atoms with E-state index >= 15 is 0 Å². The third kappa shape index (κ3) is 4.16. The highest BCUT2D eigenvalue weighted by atomic mass is 16.6. The average molecular weight is 366 g/mol. The SMILES string of the molecule is C[N@@+]1(CCCC(=O)c2ccc3c(c2)OCCO3)CC[C@H](c2ccccc2)C1. The molecular weight excluding hydrogens is 338 g/mol. The smallest absolute Gasteiger partial charge is 0.163 e. The van der Waals surface area contributed by atoms with E-state index in [1.165, 1.54) is 25.1 Å². The Morgan fingerprint density at radius 1 is 1.07 bits per heavy atom. The molecule has 27 heavy (non-hydrogen) atoms. The van der Waals surface area contributed by atoms with E-state index in [0.29, 0.717) is 31.3 Å². The van der Waals surface area contributed by atoms with Gasteiger partial charge in [-0.15, -0.1) is 0 Å². The number of nitrogens with zero attached hydrogens (tertiary/aromatic N) is 1. The molecule has 2 aromatic carbocycles. The number of carbonyl (C=O) groups excluding carboxylic acids is 1. The summed E-state index contributed by atoms with van der Waals surface area (Å²) in [6.45, 7) is 4.53. The van der Waals surface area contributed by atoms with Crippen LogP contribution in [-0.2, 0) is 0 Å². The largest absolute Gasteiger partial charge is 0.486 e. The van der Waals surface area contributed by atoms with Crippen molar-refractivity contribution in [2.45, 2.75) is 25.2 Å². The summed E-state index contributed by atoms with van der Waals surface area (Å²) in [5, 5.41) is 0. The molecule has 0 amide bonds. The molecule has 4 nitrogen and oxygen atoms in total. The zero-order valence-electron chi connectivity index (χ0n) is 16.0. The number of Topliss-reactive ketones (excluding diaryl/α,β-unsaturated/α-hetero) is 1. The van der Waals surface area contributed by atoms with Crippen LogP contribution in [0.25, 0.3) is 0 Å². The maximum atomic E-state index is 12.6. The summed E-state index contributed by atoms with van der Waals surface area (Å²) in [5.41, 5.74) is 2.18. The molecule has 0 N–H and O–H groups in total. The second kappa shape index (κ2) is 7.73. The fraction of sp³-hybridized carbons (Fsp3) is 0.435. The number of benzene rings is 2. The molecule has 2 heterocycles. The predicted octanol–water partition coefficient (Wildman–Crippen LogP) is 4.05. The standard InChI is InChI=1S/C23H28NO3/c1-24(13-11-20(17-24)18-6-3-2-4-7-18)12-5-8-21(25)19-9-10-22-23(16-19)27-15-14-26-22/h2-4,6-7,9-10,16,20H,5,8,11-15,17H2,1H3/q+1/t20-,24+/m0/s1. The van der Waals surface area contributed by atoms with Crippen LogP contribution in [0.2, 0.25) is 0 Å². The number of hydrogen-bond donors (Lipinski definition) is 0. The van der Waals surface area contributed by atoms with Crippen LogP contribution in [0, 0.1) is 0 Å². The van der Waals surface area contributed by atoms with E-state index < -0.39 is 0 Å². The van der Waals surface area contributed by atoms with Crippen molar-refractivity contribution in [3.8, 4) is 11.5 Å². The number of likely N-dealkylation sites (N-methyl/N-ethyl adjacent to an activating group) is 1. The molecule has 0 saturated carbocycles. The zero-order chi connectivity index (χ0) is 18.7. The maximum Gasteiger partial charge on any atom is 0.163 e. The number of quaternary nitrogens is 1. The average Bonchev–Trinajstić information content (AvgIpc) is 3.10. The van der Waals surface area contributed by atoms with E-state index in [-0.39, 0.29) is 5.78 Å². The molecule has 2 aliphatic rings. The van der Waals surface area contributed by atoms with Gasteiger partial charge in [-0.25, -0.2) is 0 Å². The lowest BCUT2D eigenvalue weighted by Gasteiger charge is -2.29. The fourth-order valence-electron chi connectivity index (χ4n) is 4.36. The van der Waals surface area contributed by atoms with Crippen LogP contribution in [0.5, 0.6) is 11.5 Å². The van der Waals surface area contributed by atoms with Crippen LogP contribution in [0.3, 0.4) is 0 Å². The van der Waals surface area contributed by atoms with Gasteiger partial charge in [-0.2, -0.15) is 0 Å². The Kier molecular flexibility index (Phi) is 5.17. The molecule has 2 aromatic rings. The predicted molar refractivity (Wildman–Crippen MR) is 106 cm³/mol. The van der Waals surface area contributed by atoms with Gasteiger partial charge in [-0.1, -0.05) is 30.3 Å². The van der Waals surface area contributed by atoms with Gasteiger partial charge in [0, 0.05) is 30.7 Å². The van der Waals surface area contributed by atoms with E-state index in [1.807, 2.05) is 18.2 Å². The Hall–Kier alpha value is -2.33. The summed E-state index contributed by atoms with van der Waals surface area (Å²) in [4.78, 5) is 12.6. The van der Waals surface area contributed by atoms with Crippen molar-refractivity contribution in [2.75, 3.05) is 39.9 Å². The van der Waals surface area contributed by atoms with Gasteiger partial charge in [0.05, 0.1) is 26.7 Å². The number of likely N-dealkylation sites (tertiary alicyclic amines) is 1.